The van der Waals surface area contributed by atoms with Crippen molar-refractivity contribution in [1.82, 2.24) is 4.98 Å². The molecule has 5 heteroatoms. The molecule has 0 saturated heterocycles. The van der Waals surface area contributed by atoms with Crippen LogP contribution in [-0.4, -0.2) is 31.5 Å². The molecule has 1 aliphatic rings. The first kappa shape index (κ1) is 18.0. The maximum Gasteiger partial charge on any atom is 0.163 e. The molecule has 134 valence electrons. The van der Waals surface area contributed by atoms with Crippen LogP contribution in [0.25, 0.3) is 10.9 Å². The van der Waals surface area contributed by atoms with Crippen LogP contribution in [0.2, 0.25) is 5.02 Å². The van der Waals surface area contributed by atoms with E-state index in [-0.39, 0.29) is 0 Å². The van der Waals surface area contributed by atoms with Crippen molar-refractivity contribution in [3.63, 3.8) is 0 Å². The van der Waals surface area contributed by atoms with E-state index in [4.69, 9.17) is 26.1 Å². The second-order valence-corrected chi connectivity index (χ2v) is 6.68. The number of aromatic nitrogens is 1. The zero-order valence-electron chi connectivity index (χ0n) is 15.0. The van der Waals surface area contributed by atoms with Crippen molar-refractivity contribution in [2.45, 2.75) is 45.4 Å². The van der Waals surface area contributed by atoms with Gasteiger partial charge in [-0.15, -0.1) is 0 Å². The third kappa shape index (κ3) is 4.06. The van der Waals surface area contributed by atoms with Gasteiger partial charge in [0, 0.05) is 30.1 Å². The van der Waals surface area contributed by atoms with Crippen molar-refractivity contribution in [2.75, 3.05) is 20.3 Å². The lowest BCUT2D eigenvalue weighted by Gasteiger charge is -2.13. The Labute approximate surface area is 154 Å². The number of fused-ring (bicyclic) bond motifs is 2. The molecule has 0 unspecified atom stereocenters. The molecule has 1 aromatic heterocycles. The van der Waals surface area contributed by atoms with E-state index in [1.807, 2.05) is 18.3 Å². The minimum absolute atomic E-state index is 0.601. The zero-order valence-corrected chi connectivity index (χ0v) is 15.7. The fourth-order valence-corrected chi connectivity index (χ4v) is 3.49. The van der Waals surface area contributed by atoms with Gasteiger partial charge < -0.3 is 9.47 Å². The monoisotopic (exact) mass is 360 g/mol. The van der Waals surface area contributed by atoms with Crippen LogP contribution in [-0.2, 0) is 12.8 Å². The summed E-state index contributed by atoms with van der Waals surface area (Å²) >= 11 is 6.60. The molecule has 1 aliphatic carbocycles. The van der Waals surface area contributed by atoms with E-state index >= 15 is 0 Å². The minimum Gasteiger partial charge on any atom is -0.493 e. The van der Waals surface area contributed by atoms with Gasteiger partial charge in [0.15, 0.2) is 11.5 Å². The number of aryl methyl sites for hydroxylation is 1. The van der Waals surface area contributed by atoms with Gasteiger partial charge in [0.2, 0.25) is 0 Å². The van der Waals surface area contributed by atoms with Gasteiger partial charge in [-0.2, -0.15) is 0 Å². The molecule has 0 saturated carbocycles. The third-order valence-electron chi connectivity index (χ3n) is 4.46. The summed E-state index contributed by atoms with van der Waals surface area (Å²) < 4.78 is 11.4. The Balaban J connectivity index is 1.75. The molecule has 0 N–H and O–H groups in total. The smallest absolute Gasteiger partial charge is 0.163 e. The normalized spacial score (nSPS) is 13.6. The number of hydrogen-bond donors (Lipinski definition) is 0. The number of rotatable bonds is 8. The topological polar surface area (TPSA) is 43.7 Å². The van der Waals surface area contributed by atoms with E-state index in [2.05, 4.69) is 11.9 Å². The number of hydrogen-bond acceptors (Lipinski definition) is 4. The molecule has 4 nitrogen and oxygen atoms in total. The van der Waals surface area contributed by atoms with Crippen LogP contribution in [0.5, 0.6) is 11.5 Å². The van der Waals surface area contributed by atoms with Crippen molar-refractivity contribution in [3.05, 3.63) is 28.4 Å². The van der Waals surface area contributed by atoms with Crippen LogP contribution in [0.1, 0.15) is 43.9 Å². The maximum atomic E-state index is 6.60. The van der Waals surface area contributed by atoms with Crippen molar-refractivity contribution in [1.29, 1.82) is 0 Å². The van der Waals surface area contributed by atoms with Crippen molar-refractivity contribution in [2.24, 2.45) is 4.99 Å². The highest BCUT2D eigenvalue weighted by Crippen LogP contribution is 2.39. The zero-order chi connectivity index (χ0) is 17.6. The van der Waals surface area contributed by atoms with Crippen molar-refractivity contribution in [3.8, 4) is 11.5 Å². The highest BCUT2D eigenvalue weighted by atomic mass is 35.5. The van der Waals surface area contributed by atoms with Crippen LogP contribution in [0.15, 0.2) is 17.1 Å². The minimum atomic E-state index is 0.601. The van der Waals surface area contributed by atoms with E-state index in [1.54, 1.807) is 7.11 Å². The maximum absolute atomic E-state index is 6.60. The molecule has 0 aliphatic heterocycles. The van der Waals surface area contributed by atoms with Crippen LogP contribution in [0.3, 0.4) is 0 Å². The molecule has 0 radical (unpaired) electrons. The summed E-state index contributed by atoms with van der Waals surface area (Å²) in [5, 5.41) is 1.75. The van der Waals surface area contributed by atoms with E-state index < -0.39 is 0 Å². The predicted octanol–water partition coefficient (Wildman–Crippen LogP) is 5.03. The molecule has 0 bridgehead atoms. The van der Waals surface area contributed by atoms with Crippen LogP contribution in [0, 0.1) is 0 Å². The summed E-state index contributed by atoms with van der Waals surface area (Å²) in [6, 6.07) is 3.89. The van der Waals surface area contributed by atoms with Gasteiger partial charge in [-0.3, -0.25) is 9.98 Å². The first-order chi connectivity index (χ1) is 12.2. The average Bonchev–Trinajstić information content (AvgIpc) is 3.09. The Morgan fingerprint density at radius 3 is 2.96 bits per heavy atom. The second-order valence-electron chi connectivity index (χ2n) is 6.30. The molecule has 2 aromatic rings. The number of unbranched alkanes of at least 4 members (excludes halogenated alkanes) is 1. The number of benzene rings is 1. The molecular weight excluding hydrogens is 336 g/mol. The van der Waals surface area contributed by atoms with E-state index in [0.29, 0.717) is 18.1 Å². The summed E-state index contributed by atoms with van der Waals surface area (Å²) in [6.07, 6.45) is 8.17. The quantitative estimate of drug-likeness (QED) is 0.490. The van der Waals surface area contributed by atoms with Crippen LogP contribution in [0.4, 0.5) is 0 Å². The Kier molecular flexibility index (Phi) is 6.14. The van der Waals surface area contributed by atoms with Crippen molar-refractivity contribution >= 4 is 28.7 Å². The molecule has 1 heterocycles. The lowest BCUT2D eigenvalue weighted by molar-refractivity contribution is 0.292. The average molecular weight is 361 g/mol. The Bertz CT molecular complexity index is 774. The van der Waals surface area contributed by atoms with Gasteiger partial charge in [-0.05, 0) is 43.5 Å². The van der Waals surface area contributed by atoms with Gasteiger partial charge in [-0.25, -0.2) is 0 Å². The third-order valence-corrected chi connectivity index (χ3v) is 4.90. The number of ether oxygens (including phenoxy) is 2. The molecular formula is C20H25ClN2O2. The fraction of sp³-hybridized carbons (Fsp3) is 0.500. The van der Waals surface area contributed by atoms with E-state index in [1.165, 1.54) is 5.56 Å². The first-order valence-corrected chi connectivity index (χ1v) is 9.42. The first-order valence-electron chi connectivity index (χ1n) is 9.04. The van der Waals surface area contributed by atoms with E-state index in [9.17, 15) is 0 Å². The molecule has 3 rings (SSSR count). The number of halogens is 1. The van der Waals surface area contributed by atoms with Gasteiger partial charge in [0.1, 0.15) is 0 Å². The Hall–Kier alpha value is -1.81. The Morgan fingerprint density at radius 1 is 1.28 bits per heavy atom. The predicted molar refractivity (Wildman–Crippen MR) is 104 cm³/mol. The lowest BCUT2D eigenvalue weighted by Crippen LogP contribution is -2.02. The second kappa shape index (κ2) is 8.52. The molecule has 1 aromatic carbocycles. The standard InChI is InChI=1S/C20H25ClN2O2/c1-3-4-9-22-10-6-11-25-19-13-17-15(12-18(19)24-2)20(21)14-7-5-8-16(14)23-17/h9,12-13H,3-8,10-11H2,1-2H3. The van der Waals surface area contributed by atoms with E-state index in [0.717, 1.165) is 66.7 Å². The molecule has 0 spiro atoms. The molecule has 25 heavy (non-hydrogen) atoms. The van der Waals surface area contributed by atoms with Crippen LogP contribution < -0.4 is 9.47 Å². The highest BCUT2D eigenvalue weighted by molar-refractivity contribution is 6.36. The summed E-state index contributed by atoms with van der Waals surface area (Å²) in [4.78, 5) is 9.16. The van der Waals surface area contributed by atoms with Crippen molar-refractivity contribution < 1.29 is 9.47 Å². The molecule has 0 atom stereocenters. The summed E-state index contributed by atoms with van der Waals surface area (Å²) in [5.74, 6) is 1.41. The fourth-order valence-electron chi connectivity index (χ4n) is 3.14. The SMILES string of the molecule is CCCC=NCCCOc1cc2nc3c(c(Cl)c2cc1OC)CCC3. The van der Waals surface area contributed by atoms with Gasteiger partial charge in [0.05, 0.1) is 24.3 Å². The van der Waals surface area contributed by atoms with Gasteiger partial charge in [0.25, 0.3) is 0 Å². The Morgan fingerprint density at radius 2 is 2.16 bits per heavy atom. The number of methoxy groups -OCH3 is 1. The number of aliphatic imine (C=N–C) groups is 1. The number of nitrogens with zero attached hydrogens (tertiary/aromatic N) is 2. The lowest BCUT2D eigenvalue weighted by atomic mass is 10.1. The van der Waals surface area contributed by atoms with Gasteiger partial charge in [-0.1, -0.05) is 24.9 Å². The summed E-state index contributed by atoms with van der Waals surface area (Å²) in [6.45, 7) is 3.54. The van der Waals surface area contributed by atoms with Crippen LogP contribution >= 0.6 is 11.6 Å². The summed E-state index contributed by atoms with van der Waals surface area (Å²) in [7, 11) is 1.65. The highest BCUT2D eigenvalue weighted by Gasteiger charge is 2.20. The number of pyridine rings is 1. The molecule has 0 amide bonds. The van der Waals surface area contributed by atoms with Gasteiger partial charge >= 0.3 is 0 Å². The molecule has 0 fully saturated rings. The summed E-state index contributed by atoms with van der Waals surface area (Å²) in [5.41, 5.74) is 3.19. The largest absolute Gasteiger partial charge is 0.493 e.